The second kappa shape index (κ2) is 6.55. The largest absolute Gasteiger partial charge is 0.321 e. The molecular weight excluding hydrogens is 352 g/mol. The summed E-state index contributed by atoms with van der Waals surface area (Å²) in [5.74, 6) is -0.259. The summed E-state index contributed by atoms with van der Waals surface area (Å²) in [7, 11) is 0. The van der Waals surface area contributed by atoms with Crippen molar-refractivity contribution in [3.63, 3.8) is 0 Å². The van der Waals surface area contributed by atoms with Gasteiger partial charge in [-0.15, -0.1) is 10.2 Å². The fourth-order valence-electron chi connectivity index (χ4n) is 3.03. The number of benzene rings is 2. The van der Waals surface area contributed by atoms with Gasteiger partial charge in [-0.25, -0.2) is 4.98 Å². The molecule has 28 heavy (non-hydrogen) atoms. The molecule has 1 amide bonds. The molecule has 0 fully saturated rings. The first-order chi connectivity index (χ1) is 13.8. The van der Waals surface area contributed by atoms with Crippen molar-refractivity contribution in [2.45, 2.75) is 0 Å². The third kappa shape index (κ3) is 2.95. The molecule has 2 aromatic carbocycles. The summed E-state index contributed by atoms with van der Waals surface area (Å²) in [5, 5.41) is 16.2. The van der Waals surface area contributed by atoms with Gasteiger partial charge in [-0.05, 0) is 36.4 Å². The van der Waals surface area contributed by atoms with E-state index in [9.17, 15) is 4.79 Å². The van der Waals surface area contributed by atoms with E-state index in [1.165, 1.54) is 0 Å². The van der Waals surface area contributed by atoms with Gasteiger partial charge in [-0.2, -0.15) is 9.61 Å². The maximum Gasteiger partial charge on any atom is 0.274 e. The summed E-state index contributed by atoms with van der Waals surface area (Å²) in [6, 6.07) is 22.5. The summed E-state index contributed by atoms with van der Waals surface area (Å²) in [6.45, 7) is 0. The molecule has 0 unspecified atom stereocenters. The van der Waals surface area contributed by atoms with E-state index in [1.54, 1.807) is 16.9 Å². The number of amides is 1. The van der Waals surface area contributed by atoms with Gasteiger partial charge in [0.1, 0.15) is 12.0 Å². The molecule has 3 heterocycles. The van der Waals surface area contributed by atoms with Gasteiger partial charge in [0.15, 0.2) is 5.65 Å². The molecule has 0 saturated carbocycles. The molecule has 7 heteroatoms. The zero-order valence-electron chi connectivity index (χ0n) is 14.6. The molecule has 0 aliphatic heterocycles. The predicted octanol–water partition coefficient (Wildman–Crippen LogP) is 3.59. The maximum atomic E-state index is 12.6. The molecule has 0 bridgehead atoms. The number of fused-ring (bicyclic) bond motifs is 2. The number of hydrogen-bond donors (Lipinski definition) is 1. The second-order valence-electron chi connectivity index (χ2n) is 6.28. The SMILES string of the molecule is O=C(Nc1cccc(-c2ccc3nncn3n2)c1)c1ccc2ccccc2n1. The van der Waals surface area contributed by atoms with Crippen LogP contribution in [-0.2, 0) is 0 Å². The van der Waals surface area contributed by atoms with Crippen molar-refractivity contribution in [1.82, 2.24) is 24.8 Å². The van der Waals surface area contributed by atoms with Gasteiger partial charge in [0.05, 0.1) is 11.2 Å². The summed E-state index contributed by atoms with van der Waals surface area (Å²) < 4.78 is 1.61. The van der Waals surface area contributed by atoms with Crippen molar-refractivity contribution in [2.24, 2.45) is 0 Å². The number of aromatic nitrogens is 5. The number of nitrogens with zero attached hydrogens (tertiary/aromatic N) is 5. The van der Waals surface area contributed by atoms with E-state index in [4.69, 9.17) is 0 Å². The molecule has 0 radical (unpaired) electrons. The zero-order chi connectivity index (χ0) is 18.9. The number of pyridine rings is 1. The second-order valence-corrected chi connectivity index (χ2v) is 6.28. The van der Waals surface area contributed by atoms with E-state index in [-0.39, 0.29) is 5.91 Å². The van der Waals surface area contributed by atoms with E-state index >= 15 is 0 Å². The molecule has 3 aromatic heterocycles. The van der Waals surface area contributed by atoms with Crippen LogP contribution in [0.5, 0.6) is 0 Å². The molecule has 0 atom stereocenters. The van der Waals surface area contributed by atoms with Crippen molar-refractivity contribution in [3.8, 4) is 11.3 Å². The van der Waals surface area contributed by atoms with E-state index in [2.05, 4.69) is 25.6 Å². The van der Waals surface area contributed by atoms with Crippen LogP contribution in [0.4, 0.5) is 5.69 Å². The van der Waals surface area contributed by atoms with Crippen molar-refractivity contribution < 1.29 is 4.79 Å². The van der Waals surface area contributed by atoms with E-state index in [0.717, 1.165) is 22.2 Å². The summed E-state index contributed by atoms with van der Waals surface area (Å²) in [6.07, 6.45) is 1.55. The quantitative estimate of drug-likeness (QED) is 0.527. The molecule has 5 rings (SSSR count). The molecule has 0 saturated heterocycles. The third-order valence-electron chi connectivity index (χ3n) is 4.41. The fourth-order valence-corrected chi connectivity index (χ4v) is 3.03. The first kappa shape index (κ1) is 16.1. The van der Waals surface area contributed by atoms with Crippen molar-refractivity contribution in [2.75, 3.05) is 5.32 Å². The predicted molar refractivity (Wildman–Crippen MR) is 106 cm³/mol. The van der Waals surface area contributed by atoms with E-state index in [1.807, 2.05) is 66.7 Å². The van der Waals surface area contributed by atoms with Gasteiger partial charge >= 0.3 is 0 Å². The van der Waals surface area contributed by atoms with Crippen LogP contribution < -0.4 is 5.32 Å². The number of carbonyl (C=O) groups excluding carboxylic acids is 1. The first-order valence-corrected chi connectivity index (χ1v) is 8.71. The molecule has 0 spiro atoms. The van der Waals surface area contributed by atoms with E-state index in [0.29, 0.717) is 17.0 Å². The van der Waals surface area contributed by atoms with E-state index < -0.39 is 0 Å². The Hall–Kier alpha value is -4.13. The Bertz CT molecular complexity index is 1330. The lowest BCUT2D eigenvalue weighted by atomic mass is 10.1. The summed E-state index contributed by atoms with van der Waals surface area (Å²) in [4.78, 5) is 17.1. The minimum absolute atomic E-state index is 0.259. The van der Waals surface area contributed by atoms with Gasteiger partial charge in [-0.1, -0.05) is 36.4 Å². The Balaban J connectivity index is 1.43. The van der Waals surface area contributed by atoms with Crippen molar-refractivity contribution in [3.05, 3.63) is 84.8 Å². The van der Waals surface area contributed by atoms with Crippen LogP contribution in [0.3, 0.4) is 0 Å². The number of carbonyl (C=O) groups is 1. The average Bonchev–Trinajstić information content (AvgIpc) is 3.21. The van der Waals surface area contributed by atoms with Crippen LogP contribution in [0.15, 0.2) is 79.1 Å². The number of para-hydroxylation sites is 1. The Labute approximate surface area is 159 Å². The maximum absolute atomic E-state index is 12.6. The standard InChI is InChI=1S/C21H14N6O/c28-21(19-9-8-14-4-1-2-7-17(14)24-19)23-16-6-3-5-15(12-16)18-10-11-20-25-22-13-27(20)26-18/h1-13H,(H,23,28). The van der Waals surface area contributed by atoms with Crippen LogP contribution >= 0.6 is 0 Å². The molecule has 0 aliphatic rings. The smallest absolute Gasteiger partial charge is 0.274 e. The Kier molecular flexibility index (Phi) is 3.76. The van der Waals surface area contributed by atoms with Crippen molar-refractivity contribution >= 4 is 28.1 Å². The highest BCUT2D eigenvalue weighted by Gasteiger charge is 2.10. The minimum Gasteiger partial charge on any atom is -0.321 e. The lowest BCUT2D eigenvalue weighted by Gasteiger charge is -2.08. The highest BCUT2D eigenvalue weighted by molar-refractivity contribution is 6.04. The van der Waals surface area contributed by atoms with Crippen LogP contribution in [0.2, 0.25) is 0 Å². The van der Waals surface area contributed by atoms with Gasteiger partial charge in [0, 0.05) is 16.6 Å². The lowest BCUT2D eigenvalue weighted by Crippen LogP contribution is -2.13. The fraction of sp³-hybridized carbons (Fsp3) is 0. The Morgan fingerprint density at radius 1 is 0.929 bits per heavy atom. The van der Waals surface area contributed by atoms with Crippen molar-refractivity contribution in [1.29, 1.82) is 0 Å². The molecule has 5 aromatic rings. The van der Waals surface area contributed by atoms with Crippen LogP contribution in [0, 0.1) is 0 Å². The Morgan fingerprint density at radius 3 is 2.82 bits per heavy atom. The summed E-state index contributed by atoms with van der Waals surface area (Å²) in [5.41, 5.74) is 4.13. The number of nitrogens with one attached hydrogen (secondary N) is 1. The highest BCUT2D eigenvalue weighted by Crippen LogP contribution is 2.21. The van der Waals surface area contributed by atoms with Crippen LogP contribution in [0.25, 0.3) is 27.8 Å². The third-order valence-corrected chi connectivity index (χ3v) is 4.41. The summed E-state index contributed by atoms with van der Waals surface area (Å²) >= 11 is 0. The molecule has 1 N–H and O–H groups in total. The topological polar surface area (TPSA) is 85.1 Å². The first-order valence-electron chi connectivity index (χ1n) is 8.71. The normalized spacial score (nSPS) is 11.0. The highest BCUT2D eigenvalue weighted by atomic mass is 16.1. The van der Waals surface area contributed by atoms with Crippen LogP contribution in [-0.4, -0.2) is 30.7 Å². The Morgan fingerprint density at radius 2 is 1.86 bits per heavy atom. The molecular formula is C21H14N6O. The van der Waals surface area contributed by atoms with Gasteiger partial charge in [-0.3, -0.25) is 4.79 Å². The molecule has 0 aliphatic carbocycles. The van der Waals surface area contributed by atoms with Crippen LogP contribution in [0.1, 0.15) is 10.5 Å². The molecule has 134 valence electrons. The van der Waals surface area contributed by atoms with Gasteiger partial charge in [0.25, 0.3) is 5.91 Å². The van der Waals surface area contributed by atoms with Gasteiger partial charge in [0.2, 0.25) is 0 Å². The average molecular weight is 366 g/mol. The van der Waals surface area contributed by atoms with Gasteiger partial charge < -0.3 is 5.32 Å². The number of rotatable bonds is 3. The zero-order valence-corrected chi connectivity index (χ0v) is 14.6. The monoisotopic (exact) mass is 366 g/mol. The lowest BCUT2D eigenvalue weighted by molar-refractivity contribution is 0.102. The number of anilines is 1. The molecule has 7 nitrogen and oxygen atoms in total. The number of hydrogen-bond acceptors (Lipinski definition) is 5. The minimum atomic E-state index is -0.259.